The van der Waals surface area contributed by atoms with Crippen LogP contribution >= 0.6 is 0 Å². The molecular formula is C13H17N5. The summed E-state index contributed by atoms with van der Waals surface area (Å²) in [5.74, 6) is 0.960. The summed E-state index contributed by atoms with van der Waals surface area (Å²) in [6.45, 7) is 0. The van der Waals surface area contributed by atoms with Gasteiger partial charge in [-0.3, -0.25) is 0 Å². The number of hydrogen-bond donors (Lipinski definition) is 2. The smallest absolute Gasteiger partial charge is 0.152 e. The molecule has 94 valence electrons. The molecule has 0 spiro atoms. The van der Waals surface area contributed by atoms with E-state index < -0.39 is 0 Å². The molecule has 2 atom stereocenters. The van der Waals surface area contributed by atoms with Gasteiger partial charge in [-0.15, -0.1) is 0 Å². The van der Waals surface area contributed by atoms with Crippen LogP contribution in [-0.4, -0.2) is 32.7 Å². The van der Waals surface area contributed by atoms with Crippen LogP contribution in [0.5, 0.6) is 0 Å². The molecule has 18 heavy (non-hydrogen) atoms. The summed E-state index contributed by atoms with van der Waals surface area (Å²) in [7, 11) is 0. The maximum atomic E-state index is 4.45. The molecule has 2 saturated heterocycles. The Morgan fingerprint density at radius 3 is 2.89 bits per heavy atom. The van der Waals surface area contributed by atoms with Gasteiger partial charge in [-0.1, -0.05) is 0 Å². The summed E-state index contributed by atoms with van der Waals surface area (Å²) >= 11 is 0. The van der Waals surface area contributed by atoms with Gasteiger partial charge in [0.1, 0.15) is 5.52 Å². The van der Waals surface area contributed by atoms with Gasteiger partial charge in [0.05, 0.1) is 6.20 Å². The predicted octanol–water partition coefficient (Wildman–Crippen LogP) is 1.42. The fourth-order valence-corrected chi connectivity index (χ4v) is 3.34. The highest BCUT2D eigenvalue weighted by Gasteiger charge is 2.33. The first-order chi connectivity index (χ1) is 8.88. The highest BCUT2D eigenvalue weighted by molar-refractivity contribution is 5.67. The summed E-state index contributed by atoms with van der Waals surface area (Å²) in [5, 5.41) is 11.5. The topological polar surface area (TPSA) is 54.2 Å². The van der Waals surface area contributed by atoms with Crippen LogP contribution in [0.25, 0.3) is 5.52 Å². The van der Waals surface area contributed by atoms with E-state index in [0.717, 1.165) is 11.3 Å². The van der Waals surface area contributed by atoms with Crippen LogP contribution in [0.3, 0.4) is 0 Å². The molecule has 2 aromatic heterocycles. The van der Waals surface area contributed by atoms with E-state index in [-0.39, 0.29) is 0 Å². The second-order valence-electron chi connectivity index (χ2n) is 5.39. The van der Waals surface area contributed by atoms with Crippen molar-refractivity contribution in [3.05, 3.63) is 24.7 Å². The minimum atomic E-state index is 0.539. The fraction of sp³-hybridized carbons (Fsp3) is 0.538. The molecule has 0 saturated carbocycles. The lowest BCUT2D eigenvalue weighted by Crippen LogP contribution is -2.43. The van der Waals surface area contributed by atoms with Crippen molar-refractivity contribution in [2.24, 2.45) is 0 Å². The largest absolute Gasteiger partial charge is 0.365 e. The van der Waals surface area contributed by atoms with Gasteiger partial charge in [0.25, 0.3) is 0 Å². The Morgan fingerprint density at radius 2 is 2.06 bits per heavy atom. The molecule has 2 aliphatic rings. The lowest BCUT2D eigenvalue weighted by atomic mass is 10.00. The van der Waals surface area contributed by atoms with E-state index in [0.29, 0.717) is 18.1 Å². The van der Waals surface area contributed by atoms with E-state index in [1.165, 1.54) is 25.7 Å². The van der Waals surface area contributed by atoms with Crippen molar-refractivity contribution in [1.29, 1.82) is 0 Å². The first-order valence-corrected chi connectivity index (χ1v) is 6.69. The van der Waals surface area contributed by atoms with E-state index >= 15 is 0 Å². The molecule has 5 nitrogen and oxygen atoms in total. The number of rotatable bonds is 2. The Kier molecular flexibility index (Phi) is 2.26. The third-order valence-corrected chi connectivity index (χ3v) is 4.14. The molecule has 0 amide bonds. The third-order valence-electron chi connectivity index (χ3n) is 4.14. The Morgan fingerprint density at radius 1 is 1.22 bits per heavy atom. The average Bonchev–Trinajstić information content (AvgIpc) is 2.97. The molecule has 2 unspecified atom stereocenters. The normalized spacial score (nSPS) is 30.8. The maximum Gasteiger partial charge on any atom is 0.152 e. The fourth-order valence-electron chi connectivity index (χ4n) is 3.34. The van der Waals surface area contributed by atoms with Crippen LogP contribution in [0.2, 0.25) is 0 Å². The van der Waals surface area contributed by atoms with Crippen LogP contribution in [0.1, 0.15) is 25.7 Å². The summed E-state index contributed by atoms with van der Waals surface area (Å²) in [5.41, 5.74) is 1.06. The van der Waals surface area contributed by atoms with Gasteiger partial charge >= 0.3 is 0 Å². The quantitative estimate of drug-likeness (QED) is 0.837. The summed E-state index contributed by atoms with van der Waals surface area (Å²) in [6.07, 6.45) is 10.6. The summed E-state index contributed by atoms with van der Waals surface area (Å²) < 4.78 is 1.87. The molecule has 4 rings (SSSR count). The van der Waals surface area contributed by atoms with Crippen LogP contribution < -0.4 is 10.6 Å². The van der Waals surface area contributed by atoms with E-state index in [4.69, 9.17) is 0 Å². The first-order valence-electron chi connectivity index (χ1n) is 6.69. The number of anilines is 1. The lowest BCUT2D eigenvalue weighted by Gasteiger charge is -2.30. The zero-order valence-electron chi connectivity index (χ0n) is 10.2. The zero-order valence-corrected chi connectivity index (χ0v) is 10.2. The van der Waals surface area contributed by atoms with Crippen LogP contribution in [0, 0.1) is 0 Å². The van der Waals surface area contributed by atoms with Crippen molar-refractivity contribution in [3.8, 4) is 0 Å². The highest BCUT2D eigenvalue weighted by atomic mass is 15.2. The predicted molar refractivity (Wildman–Crippen MR) is 69.6 cm³/mol. The van der Waals surface area contributed by atoms with Crippen molar-refractivity contribution in [2.75, 3.05) is 5.32 Å². The van der Waals surface area contributed by atoms with Crippen LogP contribution in [0.15, 0.2) is 24.7 Å². The first kappa shape index (κ1) is 10.3. The second kappa shape index (κ2) is 3.95. The van der Waals surface area contributed by atoms with Gasteiger partial charge in [-0.25, -0.2) is 9.50 Å². The second-order valence-corrected chi connectivity index (χ2v) is 5.39. The van der Waals surface area contributed by atoms with Crippen molar-refractivity contribution in [2.45, 2.75) is 43.8 Å². The van der Waals surface area contributed by atoms with Crippen molar-refractivity contribution < 1.29 is 0 Å². The highest BCUT2D eigenvalue weighted by Crippen LogP contribution is 2.29. The average molecular weight is 243 g/mol. The van der Waals surface area contributed by atoms with Gasteiger partial charge in [0, 0.05) is 30.5 Å². The van der Waals surface area contributed by atoms with E-state index in [1.807, 2.05) is 23.0 Å². The third kappa shape index (κ3) is 1.66. The van der Waals surface area contributed by atoms with E-state index in [2.05, 4.69) is 20.7 Å². The van der Waals surface area contributed by atoms with Crippen molar-refractivity contribution >= 4 is 11.3 Å². The Hall–Kier alpha value is -1.62. The van der Waals surface area contributed by atoms with Gasteiger partial charge in [0.2, 0.25) is 0 Å². The van der Waals surface area contributed by atoms with Crippen LogP contribution in [-0.2, 0) is 0 Å². The zero-order chi connectivity index (χ0) is 11.9. The molecule has 2 bridgehead atoms. The molecule has 0 aliphatic carbocycles. The molecule has 2 fully saturated rings. The van der Waals surface area contributed by atoms with Gasteiger partial charge in [-0.2, -0.15) is 5.10 Å². The monoisotopic (exact) mass is 243 g/mol. The SMILES string of the molecule is c1cn2nccc2c(NC2CC3CCC(C2)N3)n1. The molecule has 2 aromatic rings. The molecule has 5 heteroatoms. The minimum Gasteiger partial charge on any atom is -0.365 e. The van der Waals surface area contributed by atoms with Gasteiger partial charge < -0.3 is 10.6 Å². The van der Waals surface area contributed by atoms with Crippen LogP contribution in [0.4, 0.5) is 5.82 Å². The lowest BCUT2D eigenvalue weighted by molar-refractivity contribution is 0.378. The Balaban J connectivity index is 1.59. The van der Waals surface area contributed by atoms with Crippen molar-refractivity contribution in [3.63, 3.8) is 0 Å². The summed E-state index contributed by atoms with van der Waals surface area (Å²) in [6, 6.07) is 3.94. The number of fused-ring (bicyclic) bond motifs is 3. The number of hydrogen-bond acceptors (Lipinski definition) is 4. The Bertz CT molecular complexity index is 551. The number of aromatic nitrogens is 3. The number of piperidine rings is 1. The van der Waals surface area contributed by atoms with E-state index in [1.54, 1.807) is 6.20 Å². The minimum absolute atomic E-state index is 0.539. The van der Waals surface area contributed by atoms with E-state index in [9.17, 15) is 0 Å². The Labute approximate surface area is 106 Å². The molecule has 0 aromatic carbocycles. The van der Waals surface area contributed by atoms with Gasteiger partial charge in [-0.05, 0) is 31.7 Å². The molecule has 0 radical (unpaired) electrons. The molecule has 2 N–H and O–H groups in total. The van der Waals surface area contributed by atoms with Crippen molar-refractivity contribution in [1.82, 2.24) is 19.9 Å². The standard InChI is InChI=1S/C13H17N5/c1-2-10-8-11(7-9(1)16-10)17-13-12-3-4-15-18(12)6-5-14-13/h3-6,9-11,16H,1-2,7-8H2,(H,14,17). The van der Waals surface area contributed by atoms with Gasteiger partial charge in [0.15, 0.2) is 5.82 Å². The summed E-state index contributed by atoms with van der Waals surface area (Å²) in [4.78, 5) is 4.45. The molecule has 2 aliphatic heterocycles. The molecular weight excluding hydrogens is 226 g/mol. The molecule has 4 heterocycles. The number of nitrogens with one attached hydrogen (secondary N) is 2. The number of nitrogens with zero attached hydrogens (tertiary/aromatic N) is 3. The maximum absolute atomic E-state index is 4.45.